The minimum absolute atomic E-state index is 0.0170. The quantitative estimate of drug-likeness (QED) is 0.423. The average molecular weight is 133 g/mol. The first-order valence-electron chi connectivity index (χ1n) is 1.76. The van der Waals surface area contributed by atoms with E-state index in [-0.39, 0.29) is 10.7 Å². The van der Waals surface area contributed by atoms with Crippen molar-refractivity contribution in [3.63, 3.8) is 0 Å². The van der Waals surface area contributed by atoms with Gasteiger partial charge in [-0.2, -0.15) is 0 Å². The van der Waals surface area contributed by atoms with Gasteiger partial charge in [0.2, 0.25) is 0 Å². The van der Waals surface area contributed by atoms with Crippen LogP contribution in [0.5, 0.6) is 0 Å². The van der Waals surface area contributed by atoms with E-state index < -0.39 is 0 Å². The summed E-state index contributed by atoms with van der Waals surface area (Å²) in [6.45, 7) is 0. The molecule has 1 rings (SSSR count). The van der Waals surface area contributed by atoms with E-state index in [4.69, 9.17) is 0 Å². The highest BCUT2D eigenvalue weighted by Crippen LogP contribution is 2.10. The number of hydrogen-bond donors (Lipinski definition) is 1. The zero-order valence-corrected chi connectivity index (χ0v) is 5.54. The Balaban J connectivity index is 3.04. The van der Waals surface area contributed by atoms with Crippen molar-refractivity contribution in [3.05, 3.63) is 5.38 Å². The number of hydrogen-bond acceptors (Lipinski definition) is 3. The fourth-order valence-corrected chi connectivity index (χ4v) is 1.48. The van der Waals surface area contributed by atoms with Crippen LogP contribution in [0.3, 0.4) is 0 Å². The fraction of sp³-hybridized carbons (Fsp3) is 0.333. The molecule has 0 aliphatic rings. The molecule has 0 saturated heterocycles. The van der Waals surface area contributed by atoms with Gasteiger partial charge in [-0.25, -0.2) is 0 Å². The van der Waals surface area contributed by atoms with Crippen LogP contribution in [0.2, 0.25) is 0 Å². The van der Waals surface area contributed by atoms with Crippen molar-refractivity contribution in [3.8, 4) is 0 Å². The predicted octanol–water partition coefficient (Wildman–Crippen LogP) is 1.05. The lowest BCUT2D eigenvalue weighted by molar-refractivity contribution is 1.04. The van der Waals surface area contributed by atoms with Gasteiger partial charge in [0.1, 0.15) is 16.9 Å². The summed E-state index contributed by atoms with van der Waals surface area (Å²) in [5, 5.41) is 6.34. The number of rotatable bonds is 0. The molecule has 38 valence electrons. The van der Waals surface area contributed by atoms with Crippen molar-refractivity contribution >= 4 is 23.3 Å². The smallest absolute Gasteiger partial charge is 0.117 e. The topological polar surface area (TPSA) is 25.8 Å². The van der Waals surface area contributed by atoms with E-state index in [2.05, 4.69) is 22.2 Å². The normalized spacial score (nSPS) is 12.0. The van der Waals surface area contributed by atoms with E-state index in [0.717, 1.165) is 5.03 Å². The molecule has 0 bridgehead atoms. The Bertz CT molecular complexity index is 143. The summed E-state index contributed by atoms with van der Waals surface area (Å²) < 4.78 is 3.80. The van der Waals surface area contributed by atoms with E-state index in [0.29, 0.717) is 0 Å². The van der Waals surface area contributed by atoms with Crippen molar-refractivity contribution in [1.29, 1.82) is 0 Å². The minimum atomic E-state index is 0.0170. The molecule has 0 N–H and O–H groups in total. The second-order valence-corrected chi connectivity index (χ2v) is 3.09. The Morgan fingerprint density at radius 1 is 1.86 bits per heavy atom. The van der Waals surface area contributed by atoms with Gasteiger partial charge in [0, 0.05) is 0 Å². The first-order valence-corrected chi connectivity index (χ1v) is 3.86. The van der Waals surface area contributed by atoms with Crippen molar-refractivity contribution < 1.29 is 0 Å². The molecule has 0 saturated carbocycles. The van der Waals surface area contributed by atoms with Gasteiger partial charge in [0.05, 0.1) is 4.49 Å². The first kappa shape index (κ1) is 5.05. The van der Waals surface area contributed by atoms with Crippen LogP contribution in [0.4, 0.5) is 0 Å². The van der Waals surface area contributed by atoms with Crippen LogP contribution >= 0.6 is 23.3 Å². The maximum absolute atomic E-state index is 3.96. The zero-order chi connectivity index (χ0) is 5.28. The second-order valence-electron chi connectivity index (χ2n) is 1.18. The van der Waals surface area contributed by atoms with Crippen LogP contribution in [0.25, 0.3) is 0 Å². The molecular weight excluding hydrogens is 128 g/mol. The van der Waals surface area contributed by atoms with E-state index in [1.807, 2.05) is 11.6 Å². The molecule has 1 unspecified atom stereocenters. The third kappa shape index (κ3) is 1.14. The van der Waals surface area contributed by atoms with Crippen LogP contribution in [0.15, 0.2) is 10.4 Å². The monoisotopic (exact) mass is 133 g/mol. The Morgan fingerprint density at radius 3 is 2.71 bits per heavy atom. The summed E-state index contributed by atoms with van der Waals surface area (Å²) in [5.74, 6) is 0. The third-order valence-electron chi connectivity index (χ3n) is 0.548. The number of thiol groups is 1. The molecule has 0 radical (unpaired) electrons. The van der Waals surface area contributed by atoms with E-state index >= 15 is 0 Å². The van der Waals surface area contributed by atoms with Gasteiger partial charge in [0.15, 0.2) is 10.4 Å². The second kappa shape index (κ2) is 1.79. The van der Waals surface area contributed by atoms with Crippen LogP contribution < -0.4 is 0 Å². The molecule has 2 nitrogen and oxygen atoms in total. The van der Waals surface area contributed by atoms with Gasteiger partial charge < -0.3 is 0 Å². The van der Waals surface area contributed by atoms with Crippen LogP contribution in [0, 0.1) is 0 Å². The van der Waals surface area contributed by atoms with Crippen LogP contribution in [-0.4, -0.2) is 9.59 Å². The van der Waals surface area contributed by atoms with Crippen molar-refractivity contribution in [1.82, 2.24) is 9.59 Å². The van der Waals surface area contributed by atoms with Gasteiger partial charge in [-0.15, -0.1) is 12.6 Å². The third-order valence-corrected chi connectivity index (χ3v) is 1.84. The summed E-state index contributed by atoms with van der Waals surface area (Å²) in [4.78, 5) is 0. The summed E-state index contributed by atoms with van der Waals surface area (Å²) in [7, 11) is 0.0170. The van der Waals surface area contributed by atoms with Gasteiger partial charge >= 0.3 is 0 Å². The summed E-state index contributed by atoms with van der Waals surface area (Å²) in [6.07, 6.45) is 1.99. The maximum Gasteiger partial charge on any atom is 0.197 e. The molecule has 0 spiro atoms. The number of aryl methyl sites for hydroxylation is 1. The Kier molecular flexibility index (Phi) is 1.30. The highest BCUT2D eigenvalue weighted by Gasteiger charge is 1.98. The minimum Gasteiger partial charge on any atom is -0.117 e. The molecular formula is C3H5N2S2+. The number of aromatic nitrogens is 2. The molecule has 0 aliphatic carbocycles. The Labute approximate surface area is 50.1 Å². The van der Waals surface area contributed by atoms with Crippen molar-refractivity contribution in [2.24, 2.45) is 6.26 Å². The largest absolute Gasteiger partial charge is 0.197 e. The van der Waals surface area contributed by atoms with Gasteiger partial charge in [0.25, 0.3) is 0 Å². The lowest BCUT2D eigenvalue weighted by atomic mass is 11.0. The summed E-state index contributed by atoms with van der Waals surface area (Å²) in [6, 6.07) is 0. The Morgan fingerprint density at radius 2 is 2.57 bits per heavy atom. The van der Waals surface area contributed by atoms with Crippen molar-refractivity contribution in [2.45, 2.75) is 5.03 Å². The van der Waals surface area contributed by atoms with Gasteiger partial charge in [-0.1, -0.05) is 5.10 Å². The van der Waals surface area contributed by atoms with Crippen LogP contribution in [0.1, 0.15) is 0 Å². The lowest BCUT2D eigenvalue weighted by Gasteiger charge is -1.56. The van der Waals surface area contributed by atoms with Crippen molar-refractivity contribution in [2.75, 3.05) is 0 Å². The molecule has 0 amide bonds. The van der Waals surface area contributed by atoms with Crippen LogP contribution in [-0.2, 0) is 6.26 Å². The molecule has 0 fully saturated rings. The maximum atomic E-state index is 3.96. The molecule has 1 aromatic rings. The fourth-order valence-electron chi connectivity index (χ4n) is 0.306. The molecule has 0 aliphatic heterocycles. The standard InChI is InChI=1S/C3H4N2S2/c1-7-2-3(6)4-5-7/h2H,1H3/p+1. The molecule has 1 heterocycles. The average Bonchev–Trinajstić information content (AvgIpc) is 1.87. The van der Waals surface area contributed by atoms with Gasteiger partial charge in [-0.3, -0.25) is 0 Å². The van der Waals surface area contributed by atoms with E-state index in [9.17, 15) is 0 Å². The lowest BCUT2D eigenvalue weighted by Crippen LogP contribution is -1.61. The first-order chi connectivity index (χ1) is 3.29. The molecule has 4 heteroatoms. The zero-order valence-electron chi connectivity index (χ0n) is 3.83. The molecule has 1 atom stereocenters. The number of nitrogens with zero attached hydrogens (tertiary/aromatic N) is 2. The Hall–Kier alpha value is -0.0900. The highest BCUT2D eigenvalue weighted by molar-refractivity contribution is 7.80. The molecule has 7 heavy (non-hydrogen) atoms. The van der Waals surface area contributed by atoms with Gasteiger partial charge in [-0.05, 0) is 0 Å². The summed E-state index contributed by atoms with van der Waals surface area (Å²) in [5.41, 5.74) is 0. The highest BCUT2D eigenvalue weighted by atomic mass is 32.2. The molecule has 1 aromatic heterocycles. The SMILES string of the molecule is C[s+]1cc(S)nn1. The molecule has 0 aromatic carbocycles. The van der Waals surface area contributed by atoms with E-state index in [1.165, 1.54) is 0 Å². The predicted molar refractivity (Wildman–Crippen MR) is 32.7 cm³/mol. The van der Waals surface area contributed by atoms with E-state index in [1.54, 1.807) is 0 Å². The summed E-state index contributed by atoms with van der Waals surface area (Å²) >= 11 is 3.96.